The number of nitrogens with zero attached hydrogens (tertiary/aromatic N) is 3. The summed E-state index contributed by atoms with van der Waals surface area (Å²) in [6, 6.07) is 12.5. The normalized spacial score (nSPS) is 16.3. The van der Waals surface area contributed by atoms with Gasteiger partial charge in [-0.1, -0.05) is 12.1 Å². The number of para-hydroxylation sites is 2. The number of pyridine rings is 1. The molecule has 3 aromatic rings. The first-order valence-corrected chi connectivity index (χ1v) is 7.71. The summed E-state index contributed by atoms with van der Waals surface area (Å²) in [4.78, 5) is 14.8. The quantitative estimate of drug-likeness (QED) is 0.762. The maximum absolute atomic E-state index is 5.98. The Morgan fingerprint density at radius 1 is 1.14 bits per heavy atom. The number of hydrogen-bond donors (Lipinski definition) is 2. The summed E-state index contributed by atoms with van der Waals surface area (Å²) in [6.07, 6.45) is 3.90. The molecule has 22 heavy (non-hydrogen) atoms. The number of anilines is 1. The predicted molar refractivity (Wildman–Crippen MR) is 88.7 cm³/mol. The van der Waals surface area contributed by atoms with Crippen LogP contribution in [0, 0.1) is 0 Å². The molecule has 0 saturated carbocycles. The van der Waals surface area contributed by atoms with E-state index in [2.05, 4.69) is 25.9 Å². The van der Waals surface area contributed by atoms with Gasteiger partial charge in [-0.15, -0.1) is 0 Å². The number of hydrogen-bond acceptors (Lipinski definition) is 4. The molecule has 5 heteroatoms. The third-order valence-corrected chi connectivity index (χ3v) is 4.27. The topological polar surface area (TPSA) is 70.8 Å². The van der Waals surface area contributed by atoms with E-state index in [1.54, 1.807) is 0 Å². The fraction of sp³-hybridized carbons (Fsp3) is 0.294. The van der Waals surface area contributed by atoms with Crippen molar-refractivity contribution in [2.45, 2.75) is 18.9 Å². The van der Waals surface area contributed by atoms with E-state index in [9.17, 15) is 0 Å². The van der Waals surface area contributed by atoms with Gasteiger partial charge in [0.15, 0.2) is 0 Å². The Morgan fingerprint density at radius 2 is 1.95 bits per heavy atom. The van der Waals surface area contributed by atoms with Crippen LogP contribution in [0.3, 0.4) is 0 Å². The zero-order valence-electron chi connectivity index (χ0n) is 12.4. The molecule has 0 unspecified atom stereocenters. The average molecular weight is 293 g/mol. The Balaban J connectivity index is 1.66. The molecule has 5 nitrogen and oxygen atoms in total. The number of H-pyrrole nitrogens is 1. The molecule has 1 aliphatic rings. The number of imidazole rings is 1. The molecule has 3 N–H and O–H groups in total. The summed E-state index contributed by atoms with van der Waals surface area (Å²) >= 11 is 0. The molecule has 112 valence electrons. The number of piperidine rings is 1. The summed E-state index contributed by atoms with van der Waals surface area (Å²) in [5.41, 5.74) is 9.08. The second kappa shape index (κ2) is 5.42. The van der Waals surface area contributed by atoms with Crippen LogP contribution in [0.15, 0.2) is 42.6 Å². The second-order valence-electron chi connectivity index (χ2n) is 5.83. The number of nitrogens with two attached hydrogens (primary N) is 1. The molecule has 2 aromatic heterocycles. The van der Waals surface area contributed by atoms with Crippen LogP contribution >= 0.6 is 0 Å². The van der Waals surface area contributed by atoms with Gasteiger partial charge in [-0.2, -0.15) is 0 Å². The summed E-state index contributed by atoms with van der Waals surface area (Å²) < 4.78 is 0. The summed E-state index contributed by atoms with van der Waals surface area (Å²) in [6.45, 7) is 1.94. The standard InChI is InChI=1S/C17H19N5/c18-13-6-9-22(10-7-13)16-11-12(5-8-19-16)17-20-14-3-1-2-4-15(14)21-17/h1-5,8,11,13H,6-7,9-10,18H2,(H,20,21). The van der Waals surface area contributed by atoms with Gasteiger partial charge in [-0.3, -0.25) is 0 Å². The van der Waals surface area contributed by atoms with E-state index >= 15 is 0 Å². The third-order valence-electron chi connectivity index (χ3n) is 4.27. The van der Waals surface area contributed by atoms with Crippen LogP contribution < -0.4 is 10.6 Å². The first kappa shape index (κ1) is 13.3. The van der Waals surface area contributed by atoms with Gasteiger partial charge < -0.3 is 15.6 Å². The molecular formula is C17H19N5. The Morgan fingerprint density at radius 3 is 2.77 bits per heavy atom. The van der Waals surface area contributed by atoms with Crippen molar-refractivity contribution in [3.63, 3.8) is 0 Å². The highest BCUT2D eigenvalue weighted by atomic mass is 15.2. The summed E-state index contributed by atoms with van der Waals surface area (Å²) in [7, 11) is 0. The molecular weight excluding hydrogens is 274 g/mol. The van der Waals surface area contributed by atoms with E-state index < -0.39 is 0 Å². The van der Waals surface area contributed by atoms with E-state index in [4.69, 9.17) is 5.73 Å². The van der Waals surface area contributed by atoms with Gasteiger partial charge in [0.05, 0.1) is 11.0 Å². The van der Waals surface area contributed by atoms with Gasteiger partial charge >= 0.3 is 0 Å². The fourth-order valence-electron chi connectivity index (χ4n) is 2.96. The smallest absolute Gasteiger partial charge is 0.138 e. The van der Waals surface area contributed by atoms with Crippen molar-refractivity contribution in [1.82, 2.24) is 15.0 Å². The number of nitrogens with one attached hydrogen (secondary N) is 1. The van der Waals surface area contributed by atoms with Crippen LogP contribution in [-0.2, 0) is 0 Å². The lowest BCUT2D eigenvalue weighted by Crippen LogP contribution is -2.40. The molecule has 1 fully saturated rings. The van der Waals surface area contributed by atoms with Gasteiger partial charge in [0.1, 0.15) is 11.6 Å². The zero-order valence-corrected chi connectivity index (χ0v) is 12.4. The largest absolute Gasteiger partial charge is 0.356 e. The highest BCUT2D eigenvalue weighted by Crippen LogP contribution is 2.24. The van der Waals surface area contributed by atoms with Crippen LogP contribution in [-0.4, -0.2) is 34.1 Å². The van der Waals surface area contributed by atoms with Crippen molar-refractivity contribution in [3.8, 4) is 11.4 Å². The second-order valence-corrected chi connectivity index (χ2v) is 5.83. The molecule has 1 saturated heterocycles. The van der Waals surface area contributed by atoms with Crippen LogP contribution in [0.2, 0.25) is 0 Å². The first-order valence-electron chi connectivity index (χ1n) is 7.71. The van der Waals surface area contributed by atoms with Crippen molar-refractivity contribution >= 4 is 16.9 Å². The molecule has 1 aliphatic heterocycles. The van der Waals surface area contributed by atoms with Crippen LogP contribution in [0.5, 0.6) is 0 Å². The summed E-state index contributed by atoms with van der Waals surface area (Å²) in [5, 5.41) is 0. The molecule has 0 bridgehead atoms. The highest BCUT2D eigenvalue weighted by molar-refractivity contribution is 5.79. The van der Waals surface area contributed by atoms with Crippen LogP contribution in [0.1, 0.15) is 12.8 Å². The van der Waals surface area contributed by atoms with Crippen molar-refractivity contribution < 1.29 is 0 Å². The first-order chi connectivity index (χ1) is 10.8. The Bertz CT molecular complexity index is 753. The molecule has 4 rings (SSSR count). The molecule has 1 aromatic carbocycles. The van der Waals surface area contributed by atoms with Gasteiger partial charge in [-0.25, -0.2) is 9.97 Å². The number of aromatic nitrogens is 3. The Kier molecular flexibility index (Phi) is 3.27. The maximum atomic E-state index is 5.98. The number of fused-ring (bicyclic) bond motifs is 1. The highest BCUT2D eigenvalue weighted by Gasteiger charge is 2.17. The Hall–Kier alpha value is -2.40. The van der Waals surface area contributed by atoms with Crippen molar-refractivity contribution in [1.29, 1.82) is 0 Å². The van der Waals surface area contributed by atoms with Crippen molar-refractivity contribution in [2.24, 2.45) is 5.73 Å². The maximum Gasteiger partial charge on any atom is 0.138 e. The lowest BCUT2D eigenvalue weighted by Gasteiger charge is -2.31. The van der Waals surface area contributed by atoms with Crippen LogP contribution in [0.25, 0.3) is 22.4 Å². The molecule has 3 heterocycles. The van der Waals surface area contributed by atoms with E-state index in [1.165, 1.54) is 0 Å². The minimum absolute atomic E-state index is 0.329. The van der Waals surface area contributed by atoms with Crippen molar-refractivity contribution in [3.05, 3.63) is 42.6 Å². The number of aromatic amines is 1. The fourth-order valence-corrected chi connectivity index (χ4v) is 2.96. The molecule has 0 amide bonds. The van der Waals surface area contributed by atoms with Crippen LogP contribution in [0.4, 0.5) is 5.82 Å². The minimum atomic E-state index is 0.329. The predicted octanol–water partition coefficient (Wildman–Crippen LogP) is 2.55. The van der Waals surface area contributed by atoms with Gasteiger partial charge in [0, 0.05) is 30.9 Å². The summed E-state index contributed by atoms with van der Waals surface area (Å²) in [5.74, 6) is 1.89. The molecule has 0 aliphatic carbocycles. The number of rotatable bonds is 2. The van der Waals surface area contributed by atoms with E-state index in [1.807, 2.05) is 36.5 Å². The SMILES string of the molecule is NC1CCN(c2cc(-c3nc4ccccc4[nH]3)ccn2)CC1. The molecule has 0 atom stereocenters. The van der Waals surface area contributed by atoms with Gasteiger partial charge in [0.2, 0.25) is 0 Å². The molecule has 0 spiro atoms. The Labute approximate surface area is 129 Å². The number of benzene rings is 1. The van der Waals surface area contributed by atoms with Gasteiger partial charge in [-0.05, 0) is 37.1 Å². The van der Waals surface area contributed by atoms with Crippen molar-refractivity contribution in [2.75, 3.05) is 18.0 Å². The van der Waals surface area contributed by atoms with E-state index in [0.29, 0.717) is 6.04 Å². The monoisotopic (exact) mass is 293 g/mol. The van der Waals surface area contributed by atoms with E-state index in [0.717, 1.165) is 54.2 Å². The van der Waals surface area contributed by atoms with Gasteiger partial charge in [0.25, 0.3) is 0 Å². The van der Waals surface area contributed by atoms with E-state index in [-0.39, 0.29) is 0 Å². The molecule has 0 radical (unpaired) electrons. The average Bonchev–Trinajstić information content (AvgIpc) is 3.00. The zero-order chi connectivity index (χ0) is 14.9. The minimum Gasteiger partial charge on any atom is -0.356 e. The lowest BCUT2D eigenvalue weighted by molar-refractivity contribution is 0.498. The lowest BCUT2D eigenvalue weighted by atomic mass is 10.1. The third kappa shape index (κ3) is 2.44.